The van der Waals surface area contributed by atoms with Crippen LogP contribution in [-0.2, 0) is 16.0 Å². The number of nitrogens with zero attached hydrogens (tertiary/aromatic N) is 2. The maximum atomic E-state index is 11.7. The Morgan fingerprint density at radius 1 is 1.41 bits per heavy atom. The van der Waals surface area contributed by atoms with E-state index >= 15 is 0 Å². The number of aromatic nitrogens is 2. The van der Waals surface area contributed by atoms with E-state index in [-0.39, 0.29) is 5.97 Å². The van der Waals surface area contributed by atoms with Gasteiger partial charge in [0.15, 0.2) is 5.82 Å². The van der Waals surface area contributed by atoms with Crippen LogP contribution in [0.4, 0.5) is 0 Å². The van der Waals surface area contributed by atoms with Gasteiger partial charge in [-0.2, -0.15) is 4.98 Å². The number of carbonyl (C=O) groups excluding carboxylic acids is 1. The van der Waals surface area contributed by atoms with Crippen molar-refractivity contribution in [3.8, 4) is 0 Å². The van der Waals surface area contributed by atoms with Crippen LogP contribution in [0.5, 0.6) is 0 Å². The minimum absolute atomic E-state index is 0.297. The monoisotopic (exact) mass is 240 g/mol. The van der Waals surface area contributed by atoms with Gasteiger partial charge in [-0.1, -0.05) is 25.9 Å². The molecule has 0 aliphatic heterocycles. The van der Waals surface area contributed by atoms with Crippen molar-refractivity contribution < 1.29 is 14.1 Å². The molecule has 0 amide bonds. The van der Waals surface area contributed by atoms with Gasteiger partial charge in [-0.05, 0) is 19.3 Å². The lowest BCUT2D eigenvalue weighted by Crippen LogP contribution is -2.15. The first-order valence-corrected chi connectivity index (χ1v) is 6.07. The average molecular weight is 240 g/mol. The summed E-state index contributed by atoms with van der Waals surface area (Å²) in [5.41, 5.74) is 0. The van der Waals surface area contributed by atoms with E-state index in [1.807, 2.05) is 6.92 Å². The molecule has 0 aromatic carbocycles. The molecule has 0 saturated heterocycles. The fourth-order valence-electron chi connectivity index (χ4n) is 1.54. The maximum absolute atomic E-state index is 11.7. The van der Waals surface area contributed by atoms with Crippen LogP contribution in [0.2, 0.25) is 0 Å². The highest BCUT2D eigenvalue weighted by Gasteiger charge is 2.26. The minimum Gasteiger partial charge on any atom is -0.465 e. The summed E-state index contributed by atoms with van der Waals surface area (Å²) in [5.74, 6) is 0.737. The molecule has 1 aromatic rings. The van der Waals surface area contributed by atoms with Crippen LogP contribution in [-0.4, -0.2) is 22.7 Å². The van der Waals surface area contributed by atoms with Gasteiger partial charge in [0, 0.05) is 6.42 Å². The SMILES string of the molecule is CCOC(=O)C(CC)c1nc(CC(C)C)no1. The van der Waals surface area contributed by atoms with Crippen molar-refractivity contribution in [1.29, 1.82) is 0 Å². The summed E-state index contributed by atoms with van der Waals surface area (Å²) < 4.78 is 10.1. The molecule has 5 heteroatoms. The number of hydrogen-bond donors (Lipinski definition) is 0. The summed E-state index contributed by atoms with van der Waals surface area (Å²) in [6, 6.07) is 0. The van der Waals surface area contributed by atoms with Gasteiger partial charge in [0.1, 0.15) is 5.92 Å². The second kappa shape index (κ2) is 6.37. The Morgan fingerprint density at radius 2 is 2.12 bits per heavy atom. The van der Waals surface area contributed by atoms with Gasteiger partial charge in [0.2, 0.25) is 5.89 Å². The summed E-state index contributed by atoms with van der Waals surface area (Å²) in [5, 5.41) is 3.87. The van der Waals surface area contributed by atoms with Crippen molar-refractivity contribution in [2.75, 3.05) is 6.61 Å². The zero-order valence-electron chi connectivity index (χ0n) is 10.9. The van der Waals surface area contributed by atoms with E-state index in [0.29, 0.717) is 30.7 Å². The molecule has 0 N–H and O–H groups in total. The molecule has 1 unspecified atom stereocenters. The molecule has 0 radical (unpaired) electrons. The lowest BCUT2D eigenvalue weighted by Gasteiger charge is -2.08. The third-order valence-electron chi connectivity index (χ3n) is 2.35. The quantitative estimate of drug-likeness (QED) is 0.714. The highest BCUT2D eigenvalue weighted by Crippen LogP contribution is 2.20. The van der Waals surface area contributed by atoms with Crippen LogP contribution in [0.1, 0.15) is 51.7 Å². The fraction of sp³-hybridized carbons (Fsp3) is 0.750. The highest BCUT2D eigenvalue weighted by molar-refractivity contribution is 5.76. The Hall–Kier alpha value is -1.39. The van der Waals surface area contributed by atoms with Gasteiger partial charge < -0.3 is 9.26 Å². The van der Waals surface area contributed by atoms with Crippen LogP contribution < -0.4 is 0 Å². The number of carbonyl (C=O) groups is 1. The van der Waals surface area contributed by atoms with Crippen LogP contribution in [0.25, 0.3) is 0 Å². The van der Waals surface area contributed by atoms with Crippen LogP contribution in [0.3, 0.4) is 0 Å². The summed E-state index contributed by atoms with van der Waals surface area (Å²) in [6.45, 7) is 8.20. The lowest BCUT2D eigenvalue weighted by molar-refractivity contribution is -0.145. The first-order chi connectivity index (χ1) is 8.08. The number of rotatable bonds is 6. The van der Waals surface area contributed by atoms with Gasteiger partial charge in [-0.3, -0.25) is 4.79 Å². The molecule has 0 fully saturated rings. The van der Waals surface area contributed by atoms with Crippen LogP contribution >= 0.6 is 0 Å². The van der Waals surface area contributed by atoms with Gasteiger partial charge >= 0.3 is 5.97 Å². The van der Waals surface area contributed by atoms with E-state index in [1.54, 1.807) is 6.92 Å². The largest absolute Gasteiger partial charge is 0.465 e. The molecule has 0 saturated carbocycles. The lowest BCUT2D eigenvalue weighted by atomic mass is 10.1. The van der Waals surface area contributed by atoms with E-state index in [4.69, 9.17) is 9.26 Å². The number of ether oxygens (including phenoxy) is 1. The Kier molecular flexibility index (Phi) is 5.12. The molecular weight excluding hydrogens is 220 g/mol. The molecule has 96 valence electrons. The normalized spacial score (nSPS) is 12.8. The molecule has 0 bridgehead atoms. The maximum Gasteiger partial charge on any atom is 0.318 e. The van der Waals surface area contributed by atoms with Crippen molar-refractivity contribution in [3.63, 3.8) is 0 Å². The summed E-state index contributed by atoms with van der Waals surface area (Å²) >= 11 is 0. The molecular formula is C12H20N2O3. The predicted molar refractivity (Wildman–Crippen MR) is 62.5 cm³/mol. The molecule has 17 heavy (non-hydrogen) atoms. The summed E-state index contributed by atoms with van der Waals surface area (Å²) in [6.07, 6.45) is 1.35. The summed E-state index contributed by atoms with van der Waals surface area (Å²) in [4.78, 5) is 15.9. The van der Waals surface area contributed by atoms with Crippen molar-refractivity contribution in [1.82, 2.24) is 10.1 Å². The Bertz CT molecular complexity index is 360. The molecule has 1 atom stereocenters. The Balaban J connectivity index is 2.75. The van der Waals surface area contributed by atoms with Crippen molar-refractivity contribution in [2.24, 2.45) is 5.92 Å². The third-order valence-corrected chi connectivity index (χ3v) is 2.35. The van der Waals surface area contributed by atoms with E-state index in [0.717, 1.165) is 6.42 Å². The van der Waals surface area contributed by atoms with Gasteiger partial charge in [0.05, 0.1) is 6.61 Å². The molecule has 0 aliphatic carbocycles. The summed E-state index contributed by atoms with van der Waals surface area (Å²) in [7, 11) is 0. The molecule has 0 spiro atoms. The van der Waals surface area contributed by atoms with Gasteiger partial charge in [-0.15, -0.1) is 0 Å². The predicted octanol–water partition coefficient (Wildman–Crippen LogP) is 2.32. The zero-order chi connectivity index (χ0) is 12.8. The topological polar surface area (TPSA) is 65.2 Å². The van der Waals surface area contributed by atoms with E-state index < -0.39 is 5.92 Å². The van der Waals surface area contributed by atoms with Crippen molar-refractivity contribution >= 4 is 5.97 Å². The van der Waals surface area contributed by atoms with E-state index in [9.17, 15) is 4.79 Å². The molecule has 5 nitrogen and oxygen atoms in total. The second-order valence-corrected chi connectivity index (χ2v) is 4.36. The average Bonchev–Trinajstić information content (AvgIpc) is 2.67. The Labute approximate surface area is 102 Å². The first-order valence-electron chi connectivity index (χ1n) is 6.07. The molecule has 1 rings (SSSR count). The second-order valence-electron chi connectivity index (χ2n) is 4.36. The third kappa shape index (κ3) is 3.84. The van der Waals surface area contributed by atoms with Crippen molar-refractivity contribution in [2.45, 2.75) is 46.5 Å². The standard InChI is InChI=1S/C12H20N2O3/c1-5-9(12(15)16-6-2)11-13-10(14-17-11)7-8(3)4/h8-9H,5-7H2,1-4H3. The molecule has 1 heterocycles. The fourth-order valence-corrected chi connectivity index (χ4v) is 1.54. The Morgan fingerprint density at radius 3 is 2.65 bits per heavy atom. The van der Waals surface area contributed by atoms with Gasteiger partial charge in [0.25, 0.3) is 0 Å². The number of esters is 1. The minimum atomic E-state index is -0.441. The van der Waals surface area contributed by atoms with E-state index in [2.05, 4.69) is 24.0 Å². The van der Waals surface area contributed by atoms with Crippen LogP contribution in [0, 0.1) is 5.92 Å². The highest BCUT2D eigenvalue weighted by atomic mass is 16.5. The molecule has 0 aliphatic rings. The van der Waals surface area contributed by atoms with Crippen LogP contribution in [0.15, 0.2) is 4.52 Å². The van der Waals surface area contributed by atoms with E-state index in [1.165, 1.54) is 0 Å². The number of hydrogen-bond acceptors (Lipinski definition) is 5. The van der Waals surface area contributed by atoms with Gasteiger partial charge in [-0.25, -0.2) is 0 Å². The smallest absolute Gasteiger partial charge is 0.318 e. The molecule has 1 aromatic heterocycles. The zero-order valence-corrected chi connectivity index (χ0v) is 10.9. The van der Waals surface area contributed by atoms with Crippen molar-refractivity contribution in [3.05, 3.63) is 11.7 Å². The first kappa shape index (κ1) is 13.7.